The van der Waals surface area contributed by atoms with Crippen LogP contribution in [0.15, 0.2) is 12.4 Å². The highest BCUT2D eigenvalue weighted by atomic mass is 35.5. The van der Waals surface area contributed by atoms with Gasteiger partial charge in [0.25, 0.3) is 0 Å². The lowest BCUT2D eigenvalue weighted by molar-refractivity contribution is 0.254. The molecule has 1 aromatic rings. The van der Waals surface area contributed by atoms with E-state index in [-0.39, 0.29) is 0 Å². The second-order valence-corrected chi connectivity index (χ2v) is 7.04. The normalized spacial score (nSPS) is 40.2. The van der Waals surface area contributed by atoms with Crippen LogP contribution in [-0.2, 0) is 0 Å². The lowest BCUT2D eigenvalue weighted by Gasteiger charge is -2.27. The molecule has 3 nitrogen and oxygen atoms in total. The van der Waals surface area contributed by atoms with Gasteiger partial charge in [0.05, 0.1) is 0 Å². The summed E-state index contributed by atoms with van der Waals surface area (Å²) in [4.78, 5) is 8.25. The Morgan fingerprint density at radius 2 is 1.95 bits per heavy atom. The molecule has 3 aliphatic carbocycles. The van der Waals surface area contributed by atoms with Gasteiger partial charge in [-0.1, -0.05) is 11.6 Å². The number of aromatic nitrogens is 2. The predicted octanol–water partition coefficient (Wildman–Crippen LogP) is 3.76. The van der Waals surface area contributed by atoms with E-state index in [1.807, 2.05) is 6.07 Å². The summed E-state index contributed by atoms with van der Waals surface area (Å²) in [5.74, 6) is 4.71. The van der Waals surface area contributed by atoms with Gasteiger partial charge >= 0.3 is 0 Å². The van der Waals surface area contributed by atoms with E-state index < -0.39 is 0 Å². The standard InChI is InChI=1S/C15H20ClN3/c16-14-7-15(18-8-17-14)19-13-2-1-9-3-10-5-11(4-9)12(13)6-10/h7-13H,1-6H2,(H,17,18,19). The Kier molecular flexibility index (Phi) is 2.91. The number of rotatable bonds is 2. The number of hydrogen-bond donors (Lipinski definition) is 1. The van der Waals surface area contributed by atoms with E-state index in [0.717, 1.165) is 29.5 Å². The van der Waals surface area contributed by atoms with Crippen LogP contribution in [0.2, 0.25) is 5.15 Å². The molecule has 19 heavy (non-hydrogen) atoms. The van der Waals surface area contributed by atoms with Gasteiger partial charge in [-0.2, -0.15) is 0 Å². The van der Waals surface area contributed by atoms with Gasteiger partial charge in [0.15, 0.2) is 0 Å². The molecule has 102 valence electrons. The van der Waals surface area contributed by atoms with E-state index in [1.165, 1.54) is 38.5 Å². The third-order valence-electron chi connectivity index (χ3n) is 5.52. The highest BCUT2D eigenvalue weighted by Crippen LogP contribution is 2.53. The fourth-order valence-electron chi connectivity index (χ4n) is 4.88. The monoisotopic (exact) mass is 277 g/mol. The Hall–Kier alpha value is -0.830. The maximum absolute atomic E-state index is 5.95. The maximum atomic E-state index is 5.95. The molecule has 0 radical (unpaired) electrons. The molecular weight excluding hydrogens is 258 g/mol. The maximum Gasteiger partial charge on any atom is 0.134 e. The minimum Gasteiger partial charge on any atom is -0.367 e. The van der Waals surface area contributed by atoms with Crippen LogP contribution in [0.25, 0.3) is 0 Å². The topological polar surface area (TPSA) is 37.8 Å². The second kappa shape index (κ2) is 4.62. The van der Waals surface area contributed by atoms with E-state index >= 15 is 0 Å². The smallest absolute Gasteiger partial charge is 0.134 e. The first kappa shape index (κ1) is 12.0. The van der Waals surface area contributed by atoms with Crippen LogP contribution in [-0.4, -0.2) is 16.0 Å². The highest BCUT2D eigenvalue weighted by Gasteiger charge is 2.46. The van der Waals surface area contributed by atoms with Crippen molar-refractivity contribution in [2.75, 3.05) is 5.32 Å². The van der Waals surface area contributed by atoms with Crippen LogP contribution < -0.4 is 5.32 Å². The largest absolute Gasteiger partial charge is 0.367 e. The van der Waals surface area contributed by atoms with Crippen molar-refractivity contribution in [3.63, 3.8) is 0 Å². The Balaban J connectivity index is 1.55. The number of fused-ring (bicyclic) bond motifs is 2. The summed E-state index contributed by atoms with van der Waals surface area (Å²) in [6.07, 6.45) is 10.1. The number of nitrogens with zero attached hydrogens (tertiary/aromatic N) is 2. The Bertz CT molecular complexity index is 478. The fraction of sp³-hybridized carbons (Fsp3) is 0.733. The quantitative estimate of drug-likeness (QED) is 0.837. The van der Waals surface area contributed by atoms with Crippen molar-refractivity contribution >= 4 is 17.4 Å². The molecule has 3 saturated carbocycles. The Morgan fingerprint density at radius 1 is 1.05 bits per heavy atom. The van der Waals surface area contributed by atoms with Crippen molar-refractivity contribution in [2.45, 2.75) is 44.6 Å². The Morgan fingerprint density at radius 3 is 2.84 bits per heavy atom. The van der Waals surface area contributed by atoms with Gasteiger partial charge in [-0.25, -0.2) is 9.97 Å². The van der Waals surface area contributed by atoms with Crippen LogP contribution in [0.1, 0.15) is 38.5 Å². The highest BCUT2D eigenvalue weighted by molar-refractivity contribution is 6.29. The molecule has 0 spiro atoms. The fourth-order valence-corrected chi connectivity index (χ4v) is 5.02. The number of halogens is 1. The lowest BCUT2D eigenvalue weighted by Crippen LogP contribution is -2.30. The van der Waals surface area contributed by atoms with Crippen molar-refractivity contribution in [3.05, 3.63) is 17.5 Å². The summed E-state index contributed by atoms with van der Waals surface area (Å²) < 4.78 is 0. The zero-order chi connectivity index (χ0) is 12.8. The zero-order valence-corrected chi connectivity index (χ0v) is 11.8. The first-order valence-corrected chi connectivity index (χ1v) is 7.90. The number of anilines is 1. The summed E-state index contributed by atoms with van der Waals surface area (Å²) in [6, 6.07) is 2.43. The lowest BCUT2D eigenvalue weighted by atomic mass is 9.80. The van der Waals surface area contributed by atoms with Gasteiger partial charge in [-0.3, -0.25) is 0 Å². The van der Waals surface area contributed by atoms with E-state index in [0.29, 0.717) is 11.2 Å². The molecule has 3 bridgehead atoms. The van der Waals surface area contributed by atoms with Crippen LogP contribution in [0.4, 0.5) is 5.82 Å². The summed E-state index contributed by atoms with van der Waals surface area (Å²) >= 11 is 5.95. The van der Waals surface area contributed by atoms with Crippen molar-refractivity contribution < 1.29 is 0 Å². The van der Waals surface area contributed by atoms with Gasteiger partial charge in [-0.05, 0) is 62.2 Å². The molecule has 4 rings (SSSR count). The second-order valence-electron chi connectivity index (χ2n) is 6.65. The van der Waals surface area contributed by atoms with E-state index in [9.17, 15) is 0 Å². The molecular formula is C15H20ClN3. The molecule has 5 atom stereocenters. The van der Waals surface area contributed by atoms with Crippen LogP contribution in [0.5, 0.6) is 0 Å². The van der Waals surface area contributed by atoms with Crippen LogP contribution in [0.3, 0.4) is 0 Å². The van der Waals surface area contributed by atoms with Gasteiger partial charge in [0, 0.05) is 12.1 Å². The molecule has 0 aromatic carbocycles. The van der Waals surface area contributed by atoms with E-state index in [4.69, 9.17) is 11.6 Å². The molecule has 3 aliphatic rings. The van der Waals surface area contributed by atoms with Crippen LogP contribution in [0, 0.1) is 23.7 Å². The summed E-state index contributed by atoms with van der Waals surface area (Å²) in [5.41, 5.74) is 0. The Labute approximate surface area is 119 Å². The van der Waals surface area contributed by atoms with E-state index in [1.54, 1.807) is 6.33 Å². The van der Waals surface area contributed by atoms with Gasteiger partial charge in [0.1, 0.15) is 17.3 Å². The summed E-state index contributed by atoms with van der Waals surface area (Å²) in [7, 11) is 0. The third kappa shape index (κ3) is 2.22. The first-order valence-electron chi connectivity index (χ1n) is 7.52. The number of nitrogens with one attached hydrogen (secondary N) is 1. The molecule has 0 aliphatic heterocycles. The molecule has 0 amide bonds. The van der Waals surface area contributed by atoms with Crippen LogP contribution >= 0.6 is 11.6 Å². The molecule has 0 saturated heterocycles. The predicted molar refractivity (Wildman–Crippen MR) is 76.1 cm³/mol. The number of hydrogen-bond acceptors (Lipinski definition) is 3. The van der Waals surface area contributed by atoms with Crippen molar-refractivity contribution in [1.29, 1.82) is 0 Å². The van der Waals surface area contributed by atoms with Crippen molar-refractivity contribution in [3.8, 4) is 0 Å². The molecule has 1 N–H and O–H groups in total. The summed E-state index contributed by atoms with van der Waals surface area (Å²) in [6.45, 7) is 0. The molecule has 1 heterocycles. The minimum atomic E-state index is 0.525. The molecule has 3 fully saturated rings. The average molecular weight is 278 g/mol. The summed E-state index contributed by atoms with van der Waals surface area (Å²) in [5, 5.41) is 4.16. The van der Waals surface area contributed by atoms with E-state index in [2.05, 4.69) is 15.3 Å². The first-order chi connectivity index (χ1) is 9.28. The van der Waals surface area contributed by atoms with Crippen molar-refractivity contribution in [2.24, 2.45) is 23.7 Å². The van der Waals surface area contributed by atoms with Gasteiger partial charge < -0.3 is 5.32 Å². The van der Waals surface area contributed by atoms with Gasteiger partial charge in [-0.15, -0.1) is 0 Å². The zero-order valence-electron chi connectivity index (χ0n) is 11.1. The van der Waals surface area contributed by atoms with Crippen molar-refractivity contribution in [1.82, 2.24) is 9.97 Å². The average Bonchev–Trinajstić information content (AvgIpc) is 2.63. The minimum absolute atomic E-state index is 0.525. The third-order valence-corrected chi connectivity index (χ3v) is 5.73. The molecule has 1 aromatic heterocycles. The molecule has 5 unspecified atom stereocenters. The van der Waals surface area contributed by atoms with Gasteiger partial charge in [0.2, 0.25) is 0 Å². The molecule has 4 heteroatoms. The SMILES string of the molecule is Clc1cc(NC2CCC3CC4CC(C3)C2C4)ncn1.